The fraction of sp³-hybridized carbons (Fsp3) is 0.957. The van der Waals surface area contributed by atoms with Crippen molar-refractivity contribution in [2.75, 3.05) is 59.1 Å². The molecular formula is C23H41N3O3. The van der Waals surface area contributed by atoms with E-state index in [0.29, 0.717) is 18.1 Å². The summed E-state index contributed by atoms with van der Waals surface area (Å²) in [5, 5.41) is 0. The van der Waals surface area contributed by atoms with Crippen LogP contribution in [-0.2, 0) is 14.3 Å². The Kier molecular flexibility index (Phi) is 8.23. The zero-order valence-electron chi connectivity index (χ0n) is 18.2. The maximum atomic E-state index is 13.2. The summed E-state index contributed by atoms with van der Waals surface area (Å²) in [4.78, 5) is 20.4. The lowest BCUT2D eigenvalue weighted by Gasteiger charge is -2.45. The molecule has 1 amide bonds. The van der Waals surface area contributed by atoms with Crippen molar-refractivity contribution in [3.05, 3.63) is 0 Å². The molecule has 6 heteroatoms. The van der Waals surface area contributed by atoms with Gasteiger partial charge in [-0.1, -0.05) is 25.7 Å². The number of piperazine rings is 1. The van der Waals surface area contributed by atoms with Crippen LogP contribution in [0.15, 0.2) is 0 Å². The second-order valence-corrected chi connectivity index (χ2v) is 9.40. The molecule has 4 fully saturated rings. The summed E-state index contributed by atoms with van der Waals surface area (Å²) in [6.07, 6.45) is 12.6. The fourth-order valence-electron chi connectivity index (χ4n) is 5.63. The first-order valence-electron chi connectivity index (χ1n) is 12.3. The molecule has 3 aliphatic heterocycles. The average Bonchev–Trinajstić information content (AvgIpc) is 3.04. The van der Waals surface area contributed by atoms with E-state index in [0.717, 1.165) is 84.8 Å². The molecule has 1 atom stereocenters. The highest BCUT2D eigenvalue weighted by Gasteiger charge is 2.37. The highest BCUT2D eigenvalue weighted by molar-refractivity contribution is 5.83. The number of rotatable bonds is 6. The van der Waals surface area contributed by atoms with Crippen molar-refractivity contribution in [3.63, 3.8) is 0 Å². The molecule has 3 heterocycles. The fourth-order valence-corrected chi connectivity index (χ4v) is 5.63. The molecule has 1 saturated carbocycles. The van der Waals surface area contributed by atoms with Gasteiger partial charge in [-0.05, 0) is 38.5 Å². The van der Waals surface area contributed by atoms with Crippen LogP contribution in [0.2, 0.25) is 0 Å². The van der Waals surface area contributed by atoms with Crippen molar-refractivity contribution >= 4 is 5.91 Å². The summed E-state index contributed by atoms with van der Waals surface area (Å²) >= 11 is 0. The van der Waals surface area contributed by atoms with Crippen LogP contribution < -0.4 is 0 Å². The first-order chi connectivity index (χ1) is 14.3. The Balaban J connectivity index is 1.18. The second-order valence-electron chi connectivity index (χ2n) is 9.40. The zero-order valence-corrected chi connectivity index (χ0v) is 18.2. The zero-order chi connectivity index (χ0) is 19.9. The summed E-state index contributed by atoms with van der Waals surface area (Å²) in [5.41, 5.74) is 0. The Bertz CT molecular complexity index is 496. The summed E-state index contributed by atoms with van der Waals surface area (Å²) in [6.45, 7) is 8.62. The molecule has 3 saturated heterocycles. The SMILES string of the molecule is O=C1[C@@H](N2CCN(CCOC3CCCCCC3)CC2)CCCN1C1CCOCC1. The van der Waals surface area contributed by atoms with Gasteiger partial charge in [-0.3, -0.25) is 14.6 Å². The predicted molar refractivity (Wildman–Crippen MR) is 114 cm³/mol. The van der Waals surface area contributed by atoms with E-state index in [4.69, 9.17) is 9.47 Å². The lowest BCUT2D eigenvalue weighted by atomic mass is 9.97. The lowest BCUT2D eigenvalue weighted by Crippen LogP contribution is -2.59. The van der Waals surface area contributed by atoms with Crippen molar-refractivity contribution in [2.45, 2.75) is 82.4 Å². The van der Waals surface area contributed by atoms with Crippen LogP contribution in [0.4, 0.5) is 0 Å². The number of piperidine rings is 1. The number of amides is 1. The second kappa shape index (κ2) is 11.1. The Morgan fingerprint density at radius 2 is 1.55 bits per heavy atom. The van der Waals surface area contributed by atoms with Gasteiger partial charge in [0.1, 0.15) is 0 Å². The van der Waals surface area contributed by atoms with Crippen LogP contribution in [0.3, 0.4) is 0 Å². The highest BCUT2D eigenvalue weighted by Crippen LogP contribution is 2.25. The summed E-state index contributed by atoms with van der Waals surface area (Å²) in [6, 6.07) is 0.512. The van der Waals surface area contributed by atoms with Crippen LogP contribution in [0, 0.1) is 0 Å². The van der Waals surface area contributed by atoms with E-state index in [1.165, 1.54) is 38.5 Å². The molecule has 0 bridgehead atoms. The van der Waals surface area contributed by atoms with E-state index in [1.54, 1.807) is 0 Å². The van der Waals surface area contributed by atoms with Crippen molar-refractivity contribution in [1.82, 2.24) is 14.7 Å². The molecule has 4 rings (SSSR count). The highest BCUT2D eigenvalue weighted by atomic mass is 16.5. The Morgan fingerprint density at radius 1 is 0.828 bits per heavy atom. The molecular weight excluding hydrogens is 366 g/mol. The van der Waals surface area contributed by atoms with Crippen LogP contribution in [0.25, 0.3) is 0 Å². The lowest BCUT2D eigenvalue weighted by molar-refractivity contribution is -0.145. The standard InChI is InChI=1S/C23H41N3O3/c27-23-22(8-5-11-26(23)20-9-17-28-18-10-20)25-14-12-24(13-15-25)16-19-29-21-6-3-1-2-4-7-21/h20-22H,1-19H2/t22-/m0/s1. The minimum absolute atomic E-state index is 0.107. The molecule has 4 aliphatic rings. The first-order valence-corrected chi connectivity index (χ1v) is 12.3. The van der Waals surface area contributed by atoms with E-state index in [9.17, 15) is 4.79 Å². The number of carbonyl (C=O) groups is 1. The molecule has 0 radical (unpaired) electrons. The van der Waals surface area contributed by atoms with Crippen LogP contribution >= 0.6 is 0 Å². The quantitative estimate of drug-likeness (QED) is 0.633. The van der Waals surface area contributed by atoms with E-state index in [2.05, 4.69) is 14.7 Å². The van der Waals surface area contributed by atoms with Crippen LogP contribution in [0.5, 0.6) is 0 Å². The number of hydrogen-bond acceptors (Lipinski definition) is 5. The Labute approximate surface area is 176 Å². The van der Waals surface area contributed by atoms with E-state index < -0.39 is 0 Å². The van der Waals surface area contributed by atoms with Gasteiger partial charge in [0.05, 0.1) is 18.8 Å². The molecule has 1 aliphatic carbocycles. The van der Waals surface area contributed by atoms with Gasteiger partial charge in [0, 0.05) is 58.5 Å². The maximum Gasteiger partial charge on any atom is 0.240 e. The Hall–Kier alpha value is -0.690. The van der Waals surface area contributed by atoms with Gasteiger partial charge in [0.2, 0.25) is 5.91 Å². The average molecular weight is 408 g/mol. The maximum absolute atomic E-state index is 13.2. The third-order valence-electron chi connectivity index (χ3n) is 7.49. The van der Waals surface area contributed by atoms with Crippen molar-refractivity contribution < 1.29 is 14.3 Å². The summed E-state index contributed by atoms with van der Waals surface area (Å²) in [7, 11) is 0. The normalized spacial score (nSPS) is 29.9. The number of likely N-dealkylation sites (tertiary alicyclic amines) is 1. The van der Waals surface area contributed by atoms with Gasteiger partial charge in [0.15, 0.2) is 0 Å². The molecule has 0 spiro atoms. The first kappa shape index (κ1) is 21.5. The molecule has 29 heavy (non-hydrogen) atoms. The van der Waals surface area contributed by atoms with Crippen molar-refractivity contribution in [2.24, 2.45) is 0 Å². The molecule has 166 valence electrons. The smallest absolute Gasteiger partial charge is 0.240 e. The molecule has 6 nitrogen and oxygen atoms in total. The molecule has 0 aromatic heterocycles. The minimum atomic E-state index is 0.107. The third-order valence-corrected chi connectivity index (χ3v) is 7.49. The van der Waals surface area contributed by atoms with E-state index >= 15 is 0 Å². The van der Waals surface area contributed by atoms with Gasteiger partial charge in [-0.2, -0.15) is 0 Å². The third kappa shape index (κ3) is 5.93. The van der Waals surface area contributed by atoms with Gasteiger partial charge in [-0.15, -0.1) is 0 Å². The largest absolute Gasteiger partial charge is 0.381 e. The number of nitrogens with zero attached hydrogens (tertiary/aromatic N) is 3. The monoisotopic (exact) mass is 407 g/mol. The van der Waals surface area contributed by atoms with Crippen molar-refractivity contribution in [3.8, 4) is 0 Å². The number of carbonyl (C=O) groups excluding carboxylic acids is 1. The van der Waals surface area contributed by atoms with E-state index in [1.807, 2.05) is 0 Å². The molecule has 0 unspecified atom stereocenters. The predicted octanol–water partition coefficient (Wildman–Crippen LogP) is 2.51. The van der Waals surface area contributed by atoms with Gasteiger partial charge in [-0.25, -0.2) is 0 Å². The van der Waals surface area contributed by atoms with Gasteiger partial charge >= 0.3 is 0 Å². The van der Waals surface area contributed by atoms with Gasteiger partial charge < -0.3 is 14.4 Å². The van der Waals surface area contributed by atoms with Gasteiger partial charge in [0.25, 0.3) is 0 Å². The Morgan fingerprint density at radius 3 is 2.28 bits per heavy atom. The van der Waals surface area contributed by atoms with Crippen molar-refractivity contribution in [1.29, 1.82) is 0 Å². The van der Waals surface area contributed by atoms with E-state index in [-0.39, 0.29) is 6.04 Å². The molecule has 0 N–H and O–H groups in total. The molecule has 0 aromatic carbocycles. The topological polar surface area (TPSA) is 45.2 Å². The number of ether oxygens (including phenoxy) is 2. The van der Waals surface area contributed by atoms with Crippen LogP contribution in [0.1, 0.15) is 64.2 Å². The molecule has 0 aromatic rings. The summed E-state index contributed by atoms with van der Waals surface area (Å²) < 4.78 is 11.7. The summed E-state index contributed by atoms with van der Waals surface area (Å²) in [5.74, 6) is 0.383. The minimum Gasteiger partial charge on any atom is -0.381 e. The van der Waals surface area contributed by atoms with Crippen LogP contribution in [-0.4, -0.2) is 97.9 Å². The number of hydrogen-bond donors (Lipinski definition) is 0.